The van der Waals surface area contributed by atoms with E-state index in [1.807, 2.05) is 54.1 Å². The second kappa shape index (κ2) is 8.14. The van der Waals surface area contributed by atoms with Gasteiger partial charge in [-0.25, -0.2) is 0 Å². The summed E-state index contributed by atoms with van der Waals surface area (Å²) in [6.07, 6.45) is 1.03. The summed E-state index contributed by atoms with van der Waals surface area (Å²) >= 11 is 1.44. The molecule has 0 fully saturated rings. The van der Waals surface area contributed by atoms with Crippen LogP contribution in [0.25, 0.3) is 11.6 Å². The van der Waals surface area contributed by atoms with Gasteiger partial charge in [-0.15, -0.1) is 10.2 Å². The average molecular weight is 345 g/mol. The molecule has 0 aliphatic carbocycles. The molecule has 1 N–H and O–H groups in total. The minimum absolute atomic E-state index is 0.283. The normalized spacial score (nSPS) is 12.4. The minimum Gasteiger partial charge on any atom is -0.461 e. The van der Waals surface area contributed by atoms with Gasteiger partial charge < -0.3 is 18.8 Å². The molecule has 3 rings (SSSR count). The summed E-state index contributed by atoms with van der Waals surface area (Å²) in [7, 11) is 1.87. The monoisotopic (exact) mass is 345 g/mol. The van der Waals surface area contributed by atoms with Crippen molar-refractivity contribution >= 4 is 11.8 Å². The van der Waals surface area contributed by atoms with Gasteiger partial charge in [-0.2, -0.15) is 0 Å². The molecule has 24 heavy (non-hydrogen) atoms. The van der Waals surface area contributed by atoms with Crippen molar-refractivity contribution in [2.24, 2.45) is 7.05 Å². The van der Waals surface area contributed by atoms with E-state index in [4.69, 9.17) is 9.15 Å². The topological polar surface area (TPSA) is 73.3 Å². The predicted molar refractivity (Wildman–Crippen MR) is 91.5 cm³/mol. The molecule has 6 nitrogen and oxygen atoms in total. The Labute approximate surface area is 144 Å². The van der Waals surface area contributed by atoms with Crippen LogP contribution in [0.1, 0.15) is 5.56 Å². The molecular formula is C17H19N3O3S. The van der Waals surface area contributed by atoms with Crippen molar-refractivity contribution in [3.05, 3.63) is 54.3 Å². The molecule has 7 heteroatoms. The predicted octanol–water partition coefficient (Wildman–Crippen LogP) is 2.74. The molecule has 3 aromatic rings. The van der Waals surface area contributed by atoms with E-state index in [2.05, 4.69) is 10.2 Å². The molecule has 0 saturated heterocycles. The highest BCUT2D eigenvalue weighted by molar-refractivity contribution is 7.99. The summed E-state index contributed by atoms with van der Waals surface area (Å²) in [5.74, 6) is 1.82. The largest absolute Gasteiger partial charge is 0.461 e. The SMILES string of the molecule is Cn1c(SC[C@H](O)COCc2ccccc2)nnc1-c1ccco1. The Morgan fingerprint density at radius 3 is 2.79 bits per heavy atom. The zero-order valence-electron chi connectivity index (χ0n) is 13.3. The van der Waals surface area contributed by atoms with Crippen molar-refractivity contribution in [3.63, 3.8) is 0 Å². The maximum atomic E-state index is 10.0. The number of benzene rings is 1. The van der Waals surface area contributed by atoms with Crippen LogP contribution in [0.5, 0.6) is 0 Å². The highest BCUT2D eigenvalue weighted by atomic mass is 32.2. The number of hydrogen-bond acceptors (Lipinski definition) is 6. The van der Waals surface area contributed by atoms with Crippen molar-refractivity contribution in [2.45, 2.75) is 17.9 Å². The molecule has 0 unspecified atom stereocenters. The Morgan fingerprint density at radius 2 is 2.04 bits per heavy atom. The molecule has 1 atom stereocenters. The zero-order chi connectivity index (χ0) is 16.8. The number of aliphatic hydroxyl groups is 1. The number of rotatable bonds is 8. The van der Waals surface area contributed by atoms with E-state index < -0.39 is 6.10 Å². The minimum atomic E-state index is -0.567. The van der Waals surface area contributed by atoms with Crippen molar-refractivity contribution < 1.29 is 14.3 Å². The molecule has 0 spiro atoms. The summed E-state index contributed by atoms with van der Waals surface area (Å²) in [6.45, 7) is 0.778. The van der Waals surface area contributed by atoms with Crippen LogP contribution in [0.3, 0.4) is 0 Å². The Kier molecular flexibility index (Phi) is 5.68. The van der Waals surface area contributed by atoms with Crippen LogP contribution in [-0.4, -0.2) is 38.3 Å². The van der Waals surface area contributed by atoms with Crippen molar-refractivity contribution in [3.8, 4) is 11.6 Å². The lowest BCUT2D eigenvalue weighted by molar-refractivity contribution is 0.0397. The Bertz CT molecular complexity index is 744. The zero-order valence-corrected chi connectivity index (χ0v) is 14.1. The van der Waals surface area contributed by atoms with Gasteiger partial charge in [0.15, 0.2) is 16.7 Å². The summed E-state index contributed by atoms with van der Waals surface area (Å²) in [5.41, 5.74) is 1.09. The highest BCUT2D eigenvalue weighted by Crippen LogP contribution is 2.23. The second-order valence-electron chi connectivity index (χ2n) is 5.31. The Balaban J connectivity index is 1.45. The van der Waals surface area contributed by atoms with Gasteiger partial charge in [-0.1, -0.05) is 42.1 Å². The summed E-state index contributed by atoms with van der Waals surface area (Å²) in [6, 6.07) is 13.5. The molecule has 2 aromatic heterocycles. The fraction of sp³-hybridized carbons (Fsp3) is 0.294. The van der Waals surface area contributed by atoms with E-state index in [9.17, 15) is 5.11 Å². The van der Waals surface area contributed by atoms with Crippen LogP contribution in [0, 0.1) is 0 Å². The van der Waals surface area contributed by atoms with Crippen LogP contribution in [-0.2, 0) is 18.4 Å². The van der Waals surface area contributed by atoms with Gasteiger partial charge in [0.2, 0.25) is 0 Å². The van der Waals surface area contributed by atoms with Gasteiger partial charge in [-0.3, -0.25) is 0 Å². The van der Waals surface area contributed by atoms with Crippen LogP contribution >= 0.6 is 11.8 Å². The number of thioether (sulfide) groups is 1. The molecule has 2 heterocycles. The average Bonchev–Trinajstić information content (AvgIpc) is 3.24. The molecule has 0 aliphatic rings. The van der Waals surface area contributed by atoms with Crippen molar-refractivity contribution in [2.75, 3.05) is 12.4 Å². The fourth-order valence-electron chi connectivity index (χ4n) is 2.17. The first-order chi connectivity index (χ1) is 11.7. The standard InChI is InChI=1S/C17H19N3O3S/c1-20-16(15-8-5-9-23-15)18-19-17(20)24-12-14(21)11-22-10-13-6-3-2-4-7-13/h2-9,14,21H,10-12H2,1H3/t14-/m1/s1. The smallest absolute Gasteiger partial charge is 0.200 e. The summed E-state index contributed by atoms with van der Waals surface area (Å²) < 4.78 is 12.7. The summed E-state index contributed by atoms with van der Waals surface area (Å²) in [4.78, 5) is 0. The first-order valence-electron chi connectivity index (χ1n) is 7.60. The third kappa shape index (κ3) is 4.25. The van der Waals surface area contributed by atoms with E-state index in [1.165, 1.54) is 11.8 Å². The van der Waals surface area contributed by atoms with Gasteiger partial charge in [0.1, 0.15) is 0 Å². The first-order valence-corrected chi connectivity index (χ1v) is 8.58. The number of ether oxygens (including phenoxy) is 1. The molecule has 0 amide bonds. The second-order valence-corrected chi connectivity index (χ2v) is 6.30. The maximum absolute atomic E-state index is 10.0. The third-order valence-electron chi connectivity index (χ3n) is 3.40. The highest BCUT2D eigenvalue weighted by Gasteiger charge is 2.14. The summed E-state index contributed by atoms with van der Waals surface area (Å²) in [5, 5.41) is 19.0. The Morgan fingerprint density at radius 1 is 1.21 bits per heavy atom. The number of aliphatic hydroxyl groups excluding tert-OH is 1. The molecule has 0 bridgehead atoms. The molecule has 0 aliphatic heterocycles. The molecule has 1 aromatic carbocycles. The van der Waals surface area contributed by atoms with Crippen LogP contribution < -0.4 is 0 Å². The van der Waals surface area contributed by atoms with E-state index in [1.54, 1.807) is 6.26 Å². The molecule has 0 saturated carbocycles. The number of furan rings is 1. The van der Waals surface area contributed by atoms with E-state index in [0.29, 0.717) is 23.9 Å². The Hall–Kier alpha value is -2.09. The first kappa shape index (κ1) is 16.8. The van der Waals surface area contributed by atoms with Gasteiger partial charge in [0.05, 0.1) is 25.6 Å². The lowest BCUT2D eigenvalue weighted by atomic mass is 10.2. The van der Waals surface area contributed by atoms with Crippen molar-refractivity contribution in [1.82, 2.24) is 14.8 Å². The van der Waals surface area contributed by atoms with E-state index in [-0.39, 0.29) is 6.61 Å². The third-order valence-corrected chi connectivity index (χ3v) is 4.57. The van der Waals surface area contributed by atoms with Gasteiger partial charge >= 0.3 is 0 Å². The lowest BCUT2D eigenvalue weighted by Crippen LogP contribution is -2.18. The number of aromatic nitrogens is 3. The fourth-order valence-corrected chi connectivity index (χ4v) is 2.98. The maximum Gasteiger partial charge on any atom is 0.200 e. The van der Waals surface area contributed by atoms with Crippen LogP contribution in [0.15, 0.2) is 58.3 Å². The number of hydrogen-bond donors (Lipinski definition) is 1. The van der Waals surface area contributed by atoms with E-state index >= 15 is 0 Å². The van der Waals surface area contributed by atoms with Gasteiger partial charge in [-0.05, 0) is 17.7 Å². The van der Waals surface area contributed by atoms with Crippen LogP contribution in [0.4, 0.5) is 0 Å². The molecule has 126 valence electrons. The van der Waals surface area contributed by atoms with Gasteiger partial charge in [0, 0.05) is 12.8 Å². The molecule has 0 radical (unpaired) electrons. The lowest BCUT2D eigenvalue weighted by Gasteiger charge is -2.10. The molecular weight excluding hydrogens is 326 g/mol. The van der Waals surface area contributed by atoms with E-state index in [0.717, 1.165) is 10.7 Å². The quantitative estimate of drug-likeness (QED) is 0.633. The number of nitrogens with zero attached hydrogens (tertiary/aromatic N) is 3. The van der Waals surface area contributed by atoms with Crippen molar-refractivity contribution in [1.29, 1.82) is 0 Å². The van der Waals surface area contributed by atoms with Crippen LogP contribution in [0.2, 0.25) is 0 Å². The van der Waals surface area contributed by atoms with Gasteiger partial charge in [0.25, 0.3) is 0 Å².